The van der Waals surface area contributed by atoms with E-state index in [-0.39, 0.29) is 23.0 Å². The highest BCUT2D eigenvalue weighted by Crippen LogP contribution is 2.58. The van der Waals surface area contributed by atoms with E-state index in [4.69, 9.17) is 4.74 Å². The summed E-state index contributed by atoms with van der Waals surface area (Å²) in [5, 5.41) is 14.0. The maximum atomic E-state index is 12.9. The van der Waals surface area contributed by atoms with Crippen molar-refractivity contribution in [1.29, 1.82) is 0 Å². The fourth-order valence-electron chi connectivity index (χ4n) is 3.86. The number of nitrogens with one attached hydrogen (secondary N) is 1. The van der Waals surface area contributed by atoms with Crippen molar-refractivity contribution in [1.82, 2.24) is 5.43 Å². The molecule has 3 aromatic rings. The van der Waals surface area contributed by atoms with Gasteiger partial charge in [-0.2, -0.15) is 5.10 Å². The molecular weight excluding hydrogens is 364 g/mol. The summed E-state index contributed by atoms with van der Waals surface area (Å²) in [6, 6.07) is 25.0. The van der Waals surface area contributed by atoms with E-state index >= 15 is 0 Å². The molecular formula is C24H22N2O3. The number of nitrogens with zero attached hydrogens (tertiary/aromatic N) is 1. The lowest BCUT2D eigenvalue weighted by atomic mass is 9.85. The van der Waals surface area contributed by atoms with Crippen LogP contribution in [0.3, 0.4) is 0 Å². The Labute approximate surface area is 169 Å². The number of carbonyl (C=O) groups is 1. The Morgan fingerprint density at radius 2 is 1.69 bits per heavy atom. The number of phenols is 1. The number of rotatable bonds is 6. The van der Waals surface area contributed by atoms with Gasteiger partial charge in [-0.3, -0.25) is 4.79 Å². The molecule has 5 heteroatoms. The van der Waals surface area contributed by atoms with Gasteiger partial charge in [-0.1, -0.05) is 60.7 Å². The van der Waals surface area contributed by atoms with Gasteiger partial charge in [0.05, 0.1) is 19.2 Å². The standard InChI is InChI=1S/C24H22N2O3/c1-29-20-12-13-22(27)17(14-20)16-25-26-23(28)21-15-24(21,18-8-4-2-5-9-18)19-10-6-3-7-11-19/h2-14,16,21,27H,15H2,1H3,(H,26,28)/t21-/m1/s1. The Morgan fingerprint density at radius 3 is 2.28 bits per heavy atom. The number of hydrogen-bond donors (Lipinski definition) is 2. The van der Waals surface area contributed by atoms with Crippen LogP contribution in [-0.2, 0) is 10.2 Å². The number of carbonyl (C=O) groups excluding carboxylic acids is 1. The number of aromatic hydroxyl groups is 1. The third kappa shape index (κ3) is 3.59. The minimum atomic E-state index is -0.333. The summed E-state index contributed by atoms with van der Waals surface area (Å²) in [6.07, 6.45) is 2.15. The Hall–Kier alpha value is -3.60. The predicted octanol–water partition coefficient (Wildman–Crippen LogP) is 3.86. The van der Waals surface area contributed by atoms with Crippen LogP contribution in [0, 0.1) is 5.92 Å². The number of phenolic OH excluding ortho intramolecular Hbond substituents is 1. The van der Waals surface area contributed by atoms with Gasteiger partial charge in [0.1, 0.15) is 11.5 Å². The highest BCUT2D eigenvalue weighted by atomic mass is 16.5. The van der Waals surface area contributed by atoms with E-state index in [0.29, 0.717) is 11.3 Å². The van der Waals surface area contributed by atoms with Crippen LogP contribution in [0.5, 0.6) is 11.5 Å². The summed E-state index contributed by atoms with van der Waals surface area (Å²) < 4.78 is 5.15. The predicted molar refractivity (Wildman–Crippen MR) is 112 cm³/mol. The van der Waals surface area contributed by atoms with Gasteiger partial charge < -0.3 is 9.84 Å². The fraction of sp³-hybridized carbons (Fsp3) is 0.167. The van der Waals surface area contributed by atoms with Crippen LogP contribution in [0.15, 0.2) is 84.0 Å². The van der Waals surface area contributed by atoms with Crippen molar-refractivity contribution in [3.05, 3.63) is 95.6 Å². The third-order valence-electron chi connectivity index (χ3n) is 5.47. The quantitative estimate of drug-likeness (QED) is 0.499. The van der Waals surface area contributed by atoms with Crippen LogP contribution >= 0.6 is 0 Å². The number of hydrogen-bond acceptors (Lipinski definition) is 4. The summed E-state index contributed by atoms with van der Waals surface area (Å²) in [6.45, 7) is 0. The molecule has 2 N–H and O–H groups in total. The number of benzene rings is 3. The van der Waals surface area contributed by atoms with Gasteiger partial charge in [0.2, 0.25) is 5.91 Å². The van der Waals surface area contributed by atoms with Gasteiger partial charge in [-0.15, -0.1) is 0 Å². The fourth-order valence-corrected chi connectivity index (χ4v) is 3.86. The molecule has 146 valence electrons. The topological polar surface area (TPSA) is 70.9 Å². The molecule has 1 fully saturated rings. The summed E-state index contributed by atoms with van der Waals surface area (Å²) >= 11 is 0. The summed E-state index contributed by atoms with van der Waals surface area (Å²) in [4.78, 5) is 12.9. The molecule has 1 aliphatic rings. The molecule has 5 nitrogen and oxygen atoms in total. The van der Waals surface area contributed by atoms with Crippen LogP contribution in [0.25, 0.3) is 0 Å². The molecule has 0 unspecified atom stereocenters. The van der Waals surface area contributed by atoms with E-state index in [9.17, 15) is 9.90 Å². The van der Waals surface area contributed by atoms with E-state index in [1.54, 1.807) is 19.2 Å². The van der Waals surface area contributed by atoms with Crippen molar-refractivity contribution in [2.75, 3.05) is 7.11 Å². The zero-order chi connectivity index (χ0) is 20.3. The first-order valence-electron chi connectivity index (χ1n) is 9.46. The van der Waals surface area contributed by atoms with Crippen molar-refractivity contribution in [2.24, 2.45) is 11.0 Å². The van der Waals surface area contributed by atoms with Crippen molar-refractivity contribution >= 4 is 12.1 Å². The van der Waals surface area contributed by atoms with Crippen LogP contribution < -0.4 is 10.2 Å². The van der Waals surface area contributed by atoms with Gasteiger partial charge in [-0.05, 0) is 35.7 Å². The summed E-state index contributed by atoms with van der Waals surface area (Å²) in [7, 11) is 1.55. The van der Waals surface area contributed by atoms with Gasteiger partial charge in [-0.25, -0.2) is 5.43 Å². The third-order valence-corrected chi connectivity index (χ3v) is 5.47. The Bertz CT molecular complexity index is 993. The molecule has 0 aromatic heterocycles. The molecule has 0 bridgehead atoms. The van der Waals surface area contributed by atoms with E-state index in [2.05, 4.69) is 34.8 Å². The van der Waals surface area contributed by atoms with Gasteiger partial charge in [0.25, 0.3) is 0 Å². The maximum absolute atomic E-state index is 12.9. The first-order valence-corrected chi connectivity index (χ1v) is 9.46. The molecule has 1 atom stereocenters. The monoisotopic (exact) mass is 386 g/mol. The SMILES string of the molecule is COc1ccc(O)c(C=NNC(=O)[C@H]2CC2(c2ccccc2)c2ccccc2)c1. The average molecular weight is 386 g/mol. The van der Waals surface area contributed by atoms with Gasteiger partial charge in [0.15, 0.2) is 0 Å². The molecule has 0 aliphatic heterocycles. The number of methoxy groups -OCH3 is 1. The molecule has 3 aromatic carbocycles. The lowest BCUT2D eigenvalue weighted by Crippen LogP contribution is -2.25. The zero-order valence-corrected chi connectivity index (χ0v) is 16.1. The molecule has 0 spiro atoms. The lowest BCUT2D eigenvalue weighted by Gasteiger charge is -2.18. The Balaban J connectivity index is 1.54. The zero-order valence-electron chi connectivity index (χ0n) is 16.1. The van der Waals surface area contributed by atoms with Crippen LogP contribution in [0.1, 0.15) is 23.1 Å². The van der Waals surface area contributed by atoms with Crippen molar-refractivity contribution in [2.45, 2.75) is 11.8 Å². The van der Waals surface area contributed by atoms with Crippen LogP contribution in [0.4, 0.5) is 0 Å². The van der Waals surface area contributed by atoms with Crippen molar-refractivity contribution in [3.63, 3.8) is 0 Å². The van der Waals surface area contributed by atoms with Crippen molar-refractivity contribution < 1.29 is 14.6 Å². The number of hydrazone groups is 1. The molecule has 0 heterocycles. The number of ether oxygens (including phenoxy) is 1. The smallest absolute Gasteiger partial charge is 0.244 e. The average Bonchev–Trinajstić information content (AvgIpc) is 3.53. The molecule has 0 radical (unpaired) electrons. The highest BCUT2D eigenvalue weighted by Gasteiger charge is 2.60. The Kier molecular flexibility index (Phi) is 5.04. The second-order valence-electron chi connectivity index (χ2n) is 7.12. The molecule has 0 saturated heterocycles. The first-order chi connectivity index (χ1) is 14.1. The second-order valence-corrected chi connectivity index (χ2v) is 7.12. The molecule has 1 amide bonds. The van der Waals surface area contributed by atoms with E-state index < -0.39 is 0 Å². The molecule has 1 aliphatic carbocycles. The largest absolute Gasteiger partial charge is 0.507 e. The summed E-state index contributed by atoms with van der Waals surface area (Å²) in [5.41, 5.74) is 5.02. The van der Waals surface area contributed by atoms with Gasteiger partial charge in [0, 0.05) is 11.0 Å². The normalized spacial score (nSPS) is 17.1. The Morgan fingerprint density at radius 1 is 1.07 bits per heavy atom. The molecule has 4 rings (SSSR count). The minimum absolute atomic E-state index is 0.0677. The van der Waals surface area contributed by atoms with E-state index in [1.807, 2.05) is 36.4 Å². The highest BCUT2D eigenvalue weighted by molar-refractivity contribution is 5.88. The van der Waals surface area contributed by atoms with Crippen LogP contribution in [0.2, 0.25) is 0 Å². The van der Waals surface area contributed by atoms with Crippen molar-refractivity contribution in [3.8, 4) is 11.5 Å². The maximum Gasteiger partial charge on any atom is 0.244 e. The molecule has 1 saturated carbocycles. The van der Waals surface area contributed by atoms with Gasteiger partial charge >= 0.3 is 0 Å². The lowest BCUT2D eigenvalue weighted by molar-refractivity contribution is -0.122. The second kappa shape index (κ2) is 7.80. The minimum Gasteiger partial charge on any atom is -0.507 e. The van der Waals surface area contributed by atoms with E-state index in [1.165, 1.54) is 12.3 Å². The van der Waals surface area contributed by atoms with Crippen LogP contribution in [-0.4, -0.2) is 24.3 Å². The molecule has 29 heavy (non-hydrogen) atoms. The van der Waals surface area contributed by atoms with E-state index in [0.717, 1.165) is 17.5 Å². The summed E-state index contributed by atoms with van der Waals surface area (Å²) in [5.74, 6) is 0.322. The first kappa shape index (κ1) is 18.7. The number of amides is 1.